The Balaban J connectivity index is 4.40. The van der Waals surface area contributed by atoms with Gasteiger partial charge in [-0.15, -0.1) is 0 Å². The van der Waals surface area contributed by atoms with E-state index in [2.05, 4.69) is 57.2 Å². The van der Waals surface area contributed by atoms with E-state index >= 15 is 0 Å². The summed E-state index contributed by atoms with van der Waals surface area (Å²) in [6.07, 6.45) is 59.1. The summed E-state index contributed by atoms with van der Waals surface area (Å²) in [6.45, 7) is 6.53. The van der Waals surface area contributed by atoms with Gasteiger partial charge in [0.1, 0.15) is 13.2 Å². The molecule has 346 valence electrons. The van der Waals surface area contributed by atoms with E-state index in [9.17, 15) is 14.4 Å². The van der Waals surface area contributed by atoms with Crippen LogP contribution in [0.25, 0.3) is 0 Å². The Bertz CT molecular complexity index is 1100. The molecule has 0 rings (SSSR count). The smallest absolute Gasteiger partial charge is 0.306 e. The molecular formula is C54H94O6. The average molecular weight is 839 g/mol. The zero-order chi connectivity index (χ0) is 43.7. The van der Waals surface area contributed by atoms with Crippen LogP contribution in [0.1, 0.15) is 245 Å². The Morgan fingerprint density at radius 2 is 0.633 bits per heavy atom. The van der Waals surface area contributed by atoms with Gasteiger partial charge >= 0.3 is 17.9 Å². The Labute approximate surface area is 370 Å². The quantitative estimate of drug-likeness (QED) is 0.0263. The lowest BCUT2D eigenvalue weighted by Crippen LogP contribution is -2.30. The SMILES string of the molecule is CCC\C=C/C=C\C=C/C=C\C=C/CCCCCCCC(=O)OCC(COC(=O)CCCCCCCCCCCCC)OC(=O)CCCCCCCCCCCCCCC. The molecule has 0 aliphatic heterocycles. The highest BCUT2D eigenvalue weighted by Crippen LogP contribution is 2.15. The monoisotopic (exact) mass is 839 g/mol. The highest BCUT2D eigenvalue weighted by Gasteiger charge is 2.19. The fourth-order valence-corrected chi connectivity index (χ4v) is 7.06. The molecule has 0 aliphatic carbocycles. The molecule has 6 nitrogen and oxygen atoms in total. The standard InChI is InChI=1S/C54H94O6/c1-4-7-10-13-16-19-22-24-25-26-27-28-30-32-35-38-41-44-47-53(56)59-50-51(49-58-52(55)46-43-40-37-34-31-21-18-15-12-9-6-3)60-54(57)48-45-42-39-36-33-29-23-20-17-14-11-8-5-2/h10,13,16,19,22,24-28,51H,4-9,11-12,14-15,17-18,20-21,23,29-50H2,1-3H3/b13-10-,19-16-,24-22-,26-25-,28-27-. The second kappa shape index (κ2) is 48.8. The molecule has 0 saturated heterocycles. The van der Waals surface area contributed by atoms with Crippen LogP contribution in [0, 0.1) is 0 Å². The van der Waals surface area contributed by atoms with Crippen molar-refractivity contribution in [2.24, 2.45) is 0 Å². The Kier molecular flexibility index (Phi) is 46.4. The first-order chi connectivity index (χ1) is 29.5. The minimum Gasteiger partial charge on any atom is -0.462 e. The molecule has 0 aromatic rings. The van der Waals surface area contributed by atoms with Crippen molar-refractivity contribution in [3.63, 3.8) is 0 Å². The summed E-state index contributed by atoms with van der Waals surface area (Å²) in [5, 5.41) is 0. The normalized spacial score (nSPS) is 12.5. The van der Waals surface area contributed by atoms with Gasteiger partial charge in [0.05, 0.1) is 0 Å². The molecule has 0 radical (unpaired) electrons. The predicted octanol–water partition coefficient (Wildman–Crippen LogP) is 16.5. The first-order valence-corrected chi connectivity index (χ1v) is 25.4. The van der Waals surface area contributed by atoms with Crippen molar-refractivity contribution in [3.8, 4) is 0 Å². The van der Waals surface area contributed by atoms with Crippen LogP contribution in [0.3, 0.4) is 0 Å². The maximum Gasteiger partial charge on any atom is 0.306 e. The van der Waals surface area contributed by atoms with Crippen LogP contribution in [0.4, 0.5) is 0 Å². The maximum absolute atomic E-state index is 12.8. The minimum absolute atomic E-state index is 0.0796. The van der Waals surface area contributed by atoms with Crippen LogP contribution >= 0.6 is 0 Å². The molecule has 0 spiro atoms. The fraction of sp³-hybridized carbons (Fsp3) is 0.759. The molecule has 1 unspecified atom stereocenters. The van der Waals surface area contributed by atoms with Crippen molar-refractivity contribution in [1.29, 1.82) is 0 Å². The zero-order valence-corrected chi connectivity index (χ0v) is 39.5. The topological polar surface area (TPSA) is 78.9 Å². The third-order valence-electron chi connectivity index (χ3n) is 10.9. The highest BCUT2D eigenvalue weighted by molar-refractivity contribution is 5.71. The van der Waals surface area contributed by atoms with E-state index in [0.29, 0.717) is 19.3 Å². The number of carbonyl (C=O) groups excluding carboxylic acids is 3. The summed E-state index contributed by atoms with van der Waals surface area (Å²) in [7, 11) is 0. The summed E-state index contributed by atoms with van der Waals surface area (Å²) < 4.78 is 16.8. The van der Waals surface area contributed by atoms with Gasteiger partial charge in [0.2, 0.25) is 0 Å². The molecule has 0 aromatic heterocycles. The number of esters is 3. The lowest BCUT2D eigenvalue weighted by atomic mass is 10.0. The fourth-order valence-electron chi connectivity index (χ4n) is 7.06. The van der Waals surface area contributed by atoms with Gasteiger partial charge in [0, 0.05) is 19.3 Å². The van der Waals surface area contributed by atoms with Gasteiger partial charge in [-0.1, -0.05) is 248 Å². The first-order valence-electron chi connectivity index (χ1n) is 25.4. The Morgan fingerprint density at radius 3 is 1.00 bits per heavy atom. The molecule has 60 heavy (non-hydrogen) atoms. The molecule has 0 bridgehead atoms. The van der Waals surface area contributed by atoms with E-state index in [1.165, 1.54) is 122 Å². The molecule has 0 N–H and O–H groups in total. The number of rotatable bonds is 45. The summed E-state index contributed by atoms with van der Waals surface area (Å²) in [4.78, 5) is 37.9. The van der Waals surface area contributed by atoms with Gasteiger partial charge in [0.15, 0.2) is 6.10 Å². The van der Waals surface area contributed by atoms with E-state index in [4.69, 9.17) is 14.2 Å². The summed E-state index contributed by atoms with van der Waals surface area (Å²) >= 11 is 0. The molecule has 1 atom stereocenters. The first kappa shape index (κ1) is 57.1. The van der Waals surface area contributed by atoms with E-state index in [1.54, 1.807) is 0 Å². The summed E-state index contributed by atoms with van der Waals surface area (Å²) in [5.74, 6) is -0.900. The largest absolute Gasteiger partial charge is 0.462 e. The van der Waals surface area contributed by atoms with E-state index in [-0.39, 0.29) is 31.1 Å². The van der Waals surface area contributed by atoms with Crippen LogP contribution in [0.15, 0.2) is 60.8 Å². The van der Waals surface area contributed by atoms with Gasteiger partial charge in [0.25, 0.3) is 0 Å². The molecular weight excluding hydrogens is 745 g/mol. The van der Waals surface area contributed by atoms with Gasteiger partial charge in [-0.25, -0.2) is 0 Å². The van der Waals surface area contributed by atoms with Gasteiger partial charge in [-0.3, -0.25) is 14.4 Å². The number of unbranched alkanes of at least 4 members (excludes halogenated alkanes) is 28. The Hall–Kier alpha value is -2.89. The van der Waals surface area contributed by atoms with Crippen molar-refractivity contribution < 1.29 is 28.6 Å². The van der Waals surface area contributed by atoms with Crippen molar-refractivity contribution >= 4 is 17.9 Å². The van der Waals surface area contributed by atoms with Crippen molar-refractivity contribution in [2.45, 2.75) is 252 Å². The zero-order valence-electron chi connectivity index (χ0n) is 39.5. The number of hydrogen-bond acceptors (Lipinski definition) is 6. The lowest BCUT2D eigenvalue weighted by molar-refractivity contribution is -0.167. The number of hydrogen-bond donors (Lipinski definition) is 0. The number of allylic oxidation sites excluding steroid dienone is 10. The van der Waals surface area contributed by atoms with Gasteiger partial charge < -0.3 is 14.2 Å². The average Bonchev–Trinajstić information content (AvgIpc) is 3.24. The number of ether oxygens (including phenoxy) is 3. The molecule has 0 saturated carbocycles. The lowest BCUT2D eigenvalue weighted by Gasteiger charge is -2.18. The van der Waals surface area contributed by atoms with Crippen LogP contribution in [-0.4, -0.2) is 37.2 Å². The number of carbonyl (C=O) groups is 3. The predicted molar refractivity (Wildman–Crippen MR) is 256 cm³/mol. The van der Waals surface area contributed by atoms with Gasteiger partial charge in [-0.2, -0.15) is 0 Å². The summed E-state index contributed by atoms with van der Waals surface area (Å²) in [6, 6.07) is 0. The van der Waals surface area contributed by atoms with E-state index in [1.807, 2.05) is 24.3 Å². The summed E-state index contributed by atoms with van der Waals surface area (Å²) in [5.41, 5.74) is 0. The third kappa shape index (κ3) is 46.2. The second-order valence-corrected chi connectivity index (χ2v) is 16.9. The molecule has 0 fully saturated rings. The van der Waals surface area contributed by atoms with E-state index in [0.717, 1.165) is 83.5 Å². The molecule has 6 heteroatoms. The van der Waals surface area contributed by atoms with Crippen LogP contribution in [0.2, 0.25) is 0 Å². The van der Waals surface area contributed by atoms with Crippen LogP contribution in [0.5, 0.6) is 0 Å². The second-order valence-electron chi connectivity index (χ2n) is 16.9. The van der Waals surface area contributed by atoms with Crippen molar-refractivity contribution in [1.82, 2.24) is 0 Å². The molecule has 0 aliphatic rings. The Morgan fingerprint density at radius 1 is 0.333 bits per heavy atom. The van der Waals surface area contributed by atoms with E-state index < -0.39 is 6.10 Å². The van der Waals surface area contributed by atoms with Crippen LogP contribution in [-0.2, 0) is 28.6 Å². The van der Waals surface area contributed by atoms with Crippen molar-refractivity contribution in [2.75, 3.05) is 13.2 Å². The molecule has 0 heterocycles. The third-order valence-corrected chi connectivity index (χ3v) is 10.9. The van der Waals surface area contributed by atoms with Crippen molar-refractivity contribution in [3.05, 3.63) is 60.8 Å². The minimum atomic E-state index is -0.779. The highest BCUT2D eigenvalue weighted by atomic mass is 16.6. The molecule has 0 amide bonds. The van der Waals surface area contributed by atoms with Gasteiger partial charge in [-0.05, 0) is 38.5 Å². The molecule has 0 aromatic carbocycles. The maximum atomic E-state index is 12.8. The van der Waals surface area contributed by atoms with Crippen LogP contribution < -0.4 is 0 Å².